The number of benzene rings is 1. The van der Waals surface area contributed by atoms with E-state index in [-0.39, 0.29) is 12.5 Å². The van der Waals surface area contributed by atoms with Gasteiger partial charge in [0, 0.05) is 26.1 Å². The van der Waals surface area contributed by atoms with E-state index < -0.39 is 15.3 Å². The van der Waals surface area contributed by atoms with E-state index in [1.54, 1.807) is 11.2 Å². The van der Waals surface area contributed by atoms with Crippen molar-refractivity contribution in [1.29, 1.82) is 0 Å². The molecule has 2 aromatic rings. The lowest BCUT2D eigenvalue weighted by Gasteiger charge is -2.16. The highest BCUT2D eigenvalue weighted by Gasteiger charge is 2.34. The van der Waals surface area contributed by atoms with Crippen molar-refractivity contribution < 1.29 is 13.2 Å². The molecule has 1 aliphatic heterocycles. The molecule has 8 heteroatoms. The zero-order valence-electron chi connectivity index (χ0n) is 13.0. The summed E-state index contributed by atoms with van der Waals surface area (Å²) in [5.74, 6) is -0.0171. The van der Waals surface area contributed by atoms with Crippen molar-refractivity contribution in [2.45, 2.75) is 24.6 Å². The number of nitrogens with zero attached hydrogens (tertiary/aromatic N) is 3. The lowest BCUT2D eigenvalue weighted by molar-refractivity contribution is -0.130. The Hall–Kier alpha value is -1.93. The summed E-state index contributed by atoms with van der Waals surface area (Å²) >= 11 is 0. The number of aryl methyl sites for hydroxylation is 1. The molecule has 2 heterocycles. The number of likely N-dealkylation sites (tertiary alicyclic amines) is 1. The van der Waals surface area contributed by atoms with Gasteiger partial charge in [0.2, 0.25) is 15.9 Å². The highest BCUT2D eigenvalue weighted by Crippen LogP contribution is 2.18. The first-order valence-electron chi connectivity index (χ1n) is 7.61. The Labute approximate surface area is 135 Å². The quantitative estimate of drug-likeness (QED) is 0.865. The molecular weight excluding hydrogens is 316 g/mol. The van der Waals surface area contributed by atoms with Crippen LogP contribution in [0.25, 0.3) is 11.0 Å². The summed E-state index contributed by atoms with van der Waals surface area (Å²) in [5.41, 5.74) is 1.90. The average Bonchev–Trinajstić information content (AvgIpc) is 3.20. The van der Waals surface area contributed by atoms with E-state index in [2.05, 4.69) is 9.71 Å². The molecule has 1 saturated heterocycles. The standard InChI is InChI=1S/C15H20N4O3S/c1-16-23(21,22)12-6-8-18(10-12)15(20)7-9-19-11-17-13-4-2-3-5-14(13)19/h2-5,11-12,16H,6-10H2,1H3. The number of fused-ring (bicyclic) bond motifs is 1. The van der Waals surface area contributed by atoms with E-state index in [0.717, 1.165) is 11.0 Å². The van der Waals surface area contributed by atoms with E-state index in [1.165, 1.54) is 7.05 Å². The molecule has 0 spiro atoms. The summed E-state index contributed by atoms with van der Waals surface area (Å²) in [4.78, 5) is 18.3. The van der Waals surface area contributed by atoms with Gasteiger partial charge in [-0.05, 0) is 25.6 Å². The first-order chi connectivity index (χ1) is 11.0. The number of imidazole rings is 1. The molecule has 1 fully saturated rings. The van der Waals surface area contributed by atoms with Crippen LogP contribution in [0, 0.1) is 0 Å². The molecule has 0 aliphatic carbocycles. The van der Waals surface area contributed by atoms with Crippen LogP contribution in [0.5, 0.6) is 0 Å². The van der Waals surface area contributed by atoms with Crippen LogP contribution in [-0.2, 0) is 21.4 Å². The normalized spacial score (nSPS) is 18.7. The van der Waals surface area contributed by atoms with Gasteiger partial charge in [-0.15, -0.1) is 0 Å². The van der Waals surface area contributed by atoms with Crippen LogP contribution in [0.2, 0.25) is 0 Å². The van der Waals surface area contributed by atoms with Gasteiger partial charge < -0.3 is 9.47 Å². The van der Waals surface area contributed by atoms with E-state index in [4.69, 9.17) is 0 Å². The van der Waals surface area contributed by atoms with Crippen molar-refractivity contribution in [1.82, 2.24) is 19.2 Å². The molecule has 1 N–H and O–H groups in total. The second kappa shape index (κ2) is 6.29. The van der Waals surface area contributed by atoms with Gasteiger partial charge in [-0.3, -0.25) is 4.79 Å². The second-order valence-corrected chi connectivity index (χ2v) is 7.84. The number of carbonyl (C=O) groups excluding carboxylic acids is 1. The second-order valence-electron chi connectivity index (χ2n) is 5.68. The monoisotopic (exact) mass is 336 g/mol. The zero-order valence-corrected chi connectivity index (χ0v) is 13.8. The Morgan fingerprint density at radius 3 is 2.96 bits per heavy atom. The van der Waals surface area contributed by atoms with Crippen LogP contribution >= 0.6 is 0 Å². The third-order valence-corrected chi connectivity index (χ3v) is 6.15. The third-order valence-electron chi connectivity index (χ3n) is 4.32. The molecule has 1 aliphatic rings. The van der Waals surface area contributed by atoms with Crippen LogP contribution in [0.3, 0.4) is 0 Å². The minimum absolute atomic E-state index is 0.0171. The summed E-state index contributed by atoms with van der Waals surface area (Å²) in [5, 5.41) is -0.509. The number of amides is 1. The van der Waals surface area contributed by atoms with Gasteiger partial charge in [0.15, 0.2) is 0 Å². The van der Waals surface area contributed by atoms with Gasteiger partial charge in [0.25, 0.3) is 0 Å². The molecule has 1 aromatic heterocycles. The smallest absolute Gasteiger partial charge is 0.224 e. The number of rotatable bonds is 5. The minimum Gasteiger partial charge on any atom is -0.341 e. The fraction of sp³-hybridized carbons (Fsp3) is 0.467. The number of hydrogen-bond acceptors (Lipinski definition) is 4. The fourth-order valence-electron chi connectivity index (χ4n) is 2.94. The number of sulfonamides is 1. The lowest BCUT2D eigenvalue weighted by Crippen LogP contribution is -2.36. The van der Waals surface area contributed by atoms with E-state index in [0.29, 0.717) is 25.9 Å². The van der Waals surface area contributed by atoms with Gasteiger partial charge in [-0.1, -0.05) is 12.1 Å². The molecule has 124 valence electrons. The molecule has 23 heavy (non-hydrogen) atoms. The van der Waals surface area contributed by atoms with Gasteiger partial charge in [0.1, 0.15) is 0 Å². The number of para-hydroxylation sites is 2. The highest BCUT2D eigenvalue weighted by molar-refractivity contribution is 7.90. The van der Waals surface area contributed by atoms with Crippen molar-refractivity contribution in [3.05, 3.63) is 30.6 Å². The number of carbonyl (C=O) groups is 1. The van der Waals surface area contributed by atoms with Gasteiger partial charge in [0.05, 0.1) is 22.6 Å². The SMILES string of the molecule is CNS(=O)(=O)C1CCN(C(=O)CCn2cnc3ccccc32)C1. The molecular formula is C15H20N4O3S. The molecule has 7 nitrogen and oxygen atoms in total. The Balaban J connectivity index is 1.60. The van der Waals surface area contributed by atoms with Gasteiger partial charge >= 0.3 is 0 Å². The van der Waals surface area contributed by atoms with Crippen molar-refractivity contribution in [3.63, 3.8) is 0 Å². The Kier molecular flexibility index (Phi) is 4.36. The maximum absolute atomic E-state index is 12.3. The molecule has 0 radical (unpaired) electrons. The Bertz CT molecular complexity index is 815. The largest absolute Gasteiger partial charge is 0.341 e. The van der Waals surface area contributed by atoms with E-state index in [1.807, 2.05) is 28.8 Å². The maximum Gasteiger partial charge on any atom is 0.224 e. The van der Waals surface area contributed by atoms with Crippen LogP contribution in [-0.4, -0.2) is 54.2 Å². The predicted molar refractivity (Wildman–Crippen MR) is 87.3 cm³/mol. The van der Waals surface area contributed by atoms with Crippen molar-refractivity contribution in [3.8, 4) is 0 Å². The third kappa shape index (κ3) is 3.23. The van der Waals surface area contributed by atoms with Crippen molar-refractivity contribution in [2.75, 3.05) is 20.1 Å². The van der Waals surface area contributed by atoms with E-state index >= 15 is 0 Å². The molecule has 0 bridgehead atoms. The summed E-state index contributed by atoms with van der Waals surface area (Å²) in [6, 6.07) is 7.77. The topological polar surface area (TPSA) is 84.3 Å². The average molecular weight is 336 g/mol. The van der Waals surface area contributed by atoms with Crippen molar-refractivity contribution >= 4 is 27.0 Å². The summed E-state index contributed by atoms with van der Waals surface area (Å²) in [6.07, 6.45) is 2.56. The molecule has 0 saturated carbocycles. The first kappa shape index (κ1) is 15.9. The number of nitrogens with one attached hydrogen (secondary N) is 1. The Morgan fingerprint density at radius 2 is 2.17 bits per heavy atom. The minimum atomic E-state index is -3.31. The summed E-state index contributed by atoms with van der Waals surface area (Å²) in [6.45, 7) is 1.31. The van der Waals surface area contributed by atoms with E-state index in [9.17, 15) is 13.2 Å². The summed E-state index contributed by atoms with van der Waals surface area (Å²) < 4.78 is 27.9. The Morgan fingerprint density at radius 1 is 1.39 bits per heavy atom. The molecule has 1 unspecified atom stereocenters. The van der Waals surface area contributed by atoms with Crippen LogP contribution in [0.1, 0.15) is 12.8 Å². The van der Waals surface area contributed by atoms with Crippen LogP contribution < -0.4 is 4.72 Å². The molecule has 1 atom stereocenters. The van der Waals surface area contributed by atoms with Gasteiger partial charge in [-0.2, -0.15) is 0 Å². The fourth-order valence-corrected chi connectivity index (χ4v) is 4.06. The van der Waals surface area contributed by atoms with Crippen LogP contribution in [0.15, 0.2) is 30.6 Å². The molecule has 1 amide bonds. The molecule has 3 rings (SSSR count). The van der Waals surface area contributed by atoms with Crippen molar-refractivity contribution in [2.24, 2.45) is 0 Å². The maximum atomic E-state index is 12.3. The number of hydrogen-bond donors (Lipinski definition) is 1. The first-order valence-corrected chi connectivity index (χ1v) is 9.16. The summed E-state index contributed by atoms with van der Waals surface area (Å²) in [7, 11) is -1.90. The number of aromatic nitrogens is 2. The van der Waals surface area contributed by atoms with Crippen LogP contribution in [0.4, 0.5) is 0 Å². The zero-order chi connectivity index (χ0) is 16.4. The lowest BCUT2D eigenvalue weighted by atomic mass is 10.3. The van der Waals surface area contributed by atoms with Gasteiger partial charge in [-0.25, -0.2) is 18.1 Å². The highest BCUT2D eigenvalue weighted by atomic mass is 32.2. The predicted octanol–water partition coefficient (Wildman–Crippen LogP) is 0.577. The molecule has 1 aromatic carbocycles.